The van der Waals surface area contributed by atoms with Crippen LogP contribution >= 0.6 is 0 Å². The van der Waals surface area contributed by atoms with Crippen molar-refractivity contribution < 1.29 is 19.1 Å². The van der Waals surface area contributed by atoms with Crippen molar-refractivity contribution in [3.05, 3.63) is 24.7 Å². The van der Waals surface area contributed by atoms with Crippen LogP contribution in [0.25, 0.3) is 0 Å². The molecule has 2 aliphatic rings. The molecule has 2 heterocycles. The van der Waals surface area contributed by atoms with Gasteiger partial charge in [0.2, 0.25) is 0 Å². The Morgan fingerprint density at radius 1 is 0.857 bits per heavy atom. The lowest BCUT2D eigenvalue weighted by atomic mass is 10.3. The van der Waals surface area contributed by atoms with Crippen LogP contribution in [-0.2, 0) is 19.1 Å². The molecule has 0 spiro atoms. The highest BCUT2D eigenvalue weighted by atomic mass is 16.5. The molecule has 0 fully saturated rings. The Morgan fingerprint density at radius 3 is 1.43 bits per heavy atom. The van der Waals surface area contributed by atoms with Gasteiger partial charge in [-0.05, 0) is 25.0 Å². The molecular formula is C10H12O4. The molecule has 0 unspecified atom stereocenters. The van der Waals surface area contributed by atoms with Crippen LogP contribution in [0.2, 0.25) is 0 Å². The smallest absolute Gasteiger partial charge is 0.310 e. The van der Waals surface area contributed by atoms with Gasteiger partial charge in [-0.25, -0.2) is 0 Å². The molecule has 2 aliphatic heterocycles. The molecular weight excluding hydrogens is 184 g/mol. The van der Waals surface area contributed by atoms with Crippen molar-refractivity contribution in [2.75, 3.05) is 0 Å². The van der Waals surface area contributed by atoms with Crippen molar-refractivity contribution >= 4 is 11.9 Å². The predicted molar refractivity (Wildman–Crippen MR) is 48.9 cm³/mol. The van der Waals surface area contributed by atoms with Crippen LogP contribution in [0.1, 0.15) is 25.7 Å². The number of ether oxygens (including phenoxy) is 2. The maximum atomic E-state index is 10.2. The Kier molecular flexibility index (Phi) is 4.47. The molecule has 0 aromatic carbocycles. The topological polar surface area (TPSA) is 52.6 Å². The molecule has 0 saturated heterocycles. The van der Waals surface area contributed by atoms with Crippen molar-refractivity contribution in [1.82, 2.24) is 0 Å². The summed E-state index contributed by atoms with van der Waals surface area (Å²) >= 11 is 0. The van der Waals surface area contributed by atoms with Crippen LogP contribution in [0.3, 0.4) is 0 Å². The summed E-state index contributed by atoms with van der Waals surface area (Å²) in [4.78, 5) is 20.4. The van der Waals surface area contributed by atoms with Crippen LogP contribution in [0, 0.1) is 0 Å². The van der Waals surface area contributed by atoms with Gasteiger partial charge in [-0.1, -0.05) is 0 Å². The van der Waals surface area contributed by atoms with Crippen molar-refractivity contribution in [1.29, 1.82) is 0 Å². The zero-order valence-electron chi connectivity index (χ0n) is 7.77. The van der Waals surface area contributed by atoms with Crippen molar-refractivity contribution in [3.8, 4) is 0 Å². The lowest BCUT2D eigenvalue weighted by Crippen LogP contribution is -2.01. The third kappa shape index (κ3) is 4.45. The van der Waals surface area contributed by atoms with Gasteiger partial charge in [0.15, 0.2) is 0 Å². The van der Waals surface area contributed by atoms with Crippen LogP contribution in [-0.4, -0.2) is 11.9 Å². The molecule has 0 N–H and O–H groups in total. The molecule has 0 amide bonds. The third-order valence-corrected chi connectivity index (χ3v) is 1.62. The number of hydrogen-bond donors (Lipinski definition) is 0. The molecule has 4 nitrogen and oxygen atoms in total. The second-order valence-electron chi connectivity index (χ2n) is 2.80. The summed E-state index contributed by atoms with van der Waals surface area (Å²) in [6.07, 6.45) is 9.28. The third-order valence-electron chi connectivity index (χ3n) is 1.62. The molecule has 14 heavy (non-hydrogen) atoms. The van der Waals surface area contributed by atoms with E-state index in [4.69, 9.17) is 0 Å². The minimum Gasteiger partial charge on any atom is -0.435 e. The summed E-state index contributed by atoms with van der Waals surface area (Å²) in [7, 11) is 0. The average Bonchev–Trinajstić information content (AvgIpc) is 2.21. The number of cyclic esters (lactones) is 2. The van der Waals surface area contributed by atoms with Gasteiger partial charge in [-0.15, -0.1) is 0 Å². The van der Waals surface area contributed by atoms with Crippen LogP contribution in [0.15, 0.2) is 24.7 Å². The van der Waals surface area contributed by atoms with E-state index in [1.165, 1.54) is 12.5 Å². The molecule has 0 radical (unpaired) electrons. The second-order valence-corrected chi connectivity index (χ2v) is 2.80. The second kappa shape index (κ2) is 5.96. The standard InChI is InChI=1S/2C5H6O2/c2*6-5-3-1-2-4-7-5/h2*2,4H,1,3H2. The Hall–Kier alpha value is -1.58. The Labute approximate surface area is 82.2 Å². The zero-order chi connectivity index (χ0) is 10.2. The number of esters is 2. The van der Waals surface area contributed by atoms with Gasteiger partial charge >= 0.3 is 11.9 Å². The van der Waals surface area contributed by atoms with Gasteiger partial charge in [-0.2, -0.15) is 0 Å². The number of allylic oxidation sites excluding steroid dienone is 2. The fraction of sp³-hybridized carbons (Fsp3) is 0.400. The summed E-state index contributed by atoms with van der Waals surface area (Å²) < 4.78 is 8.92. The van der Waals surface area contributed by atoms with E-state index in [1.807, 2.05) is 12.2 Å². The summed E-state index contributed by atoms with van der Waals surface area (Å²) in [6, 6.07) is 0. The van der Waals surface area contributed by atoms with Crippen LogP contribution < -0.4 is 0 Å². The highest BCUT2D eigenvalue weighted by molar-refractivity contribution is 5.71. The van der Waals surface area contributed by atoms with E-state index in [0.717, 1.165) is 12.8 Å². The number of carbonyl (C=O) groups is 2. The highest BCUT2D eigenvalue weighted by Gasteiger charge is 2.01. The summed E-state index contributed by atoms with van der Waals surface area (Å²) in [5.74, 6) is -0.245. The van der Waals surface area contributed by atoms with E-state index in [2.05, 4.69) is 9.47 Å². The fourth-order valence-corrected chi connectivity index (χ4v) is 0.904. The van der Waals surface area contributed by atoms with Crippen molar-refractivity contribution in [2.45, 2.75) is 25.7 Å². The van der Waals surface area contributed by atoms with Crippen molar-refractivity contribution in [2.24, 2.45) is 0 Å². The first-order chi connectivity index (χ1) is 6.79. The summed E-state index contributed by atoms with van der Waals surface area (Å²) in [6.45, 7) is 0. The normalized spacial score (nSPS) is 19.1. The maximum absolute atomic E-state index is 10.2. The average molecular weight is 196 g/mol. The Morgan fingerprint density at radius 2 is 1.29 bits per heavy atom. The first kappa shape index (κ1) is 10.5. The molecule has 0 saturated carbocycles. The van der Waals surface area contributed by atoms with Crippen LogP contribution in [0.5, 0.6) is 0 Å². The van der Waals surface area contributed by atoms with Gasteiger partial charge in [0.05, 0.1) is 12.5 Å². The molecule has 4 heteroatoms. The quantitative estimate of drug-likeness (QED) is 0.553. The molecule has 0 aromatic heterocycles. The van der Waals surface area contributed by atoms with E-state index < -0.39 is 0 Å². The largest absolute Gasteiger partial charge is 0.435 e. The Balaban J connectivity index is 0.000000140. The maximum Gasteiger partial charge on any atom is 0.310 e. The van der Waals surface area contributed by atoms with Gasteiger partial charge in [0.25, 0.3) is 0 Å². The van der Waals surface area contributed by atoms with E-state index >= 15 is 0 Å². The summed E-state index contributed by atoms with van der Waals surface area (Å²) in [5.41, 5.74) is 0. The monoisotopic (exact) mass is 196 g/mol. The minimum atomic E-state index is -0.123. The Bertz CT molecular complexity index is 237. The SMILES string of the molecule is O=C1CCC=CO1.O=C1CCC=CO1. The zero-order valence-corrected chi connectivity index (χ0v) is 7.77. The first-order valence-electron chi connectivity index (χ1n) is 4.48. The van der Waals surface area contributed by atoms with Crippen molar-refractivity contribution in [3.63, 3.8) is 0 Å². The number of rotatable bonds is 0. The predicted octanol–water partition coefficient (Wildman–Crippen LogP) is 1.67. The van der Waals surface area contributed by atoms with Crippen LogP contribution in [0.4, 0.5) is 0 Å². The van der Waals surface area contributed by atoms with Gasteiger partial charge in [0, 0.05) is 12.8 Å². The number of hydrogen-bond acceptors (Lipinski definition) is 4. The lowest BCUT2D eigenvalue weighted by Gasteiger charge is -1.99. The molecule has 0 aliphatic carbocycles. The van der Waals surface area contributed by atoms with E-state index in [9.17, 15) is 9.59 Å². The van der Waals surface area contributed by atoms with Gasteiger partial charge in [0.1, 0.15) is 0 Å². The molecule has 0 atom stereocenters. The minimum absolute atomic E-state index is 0.123. The molecule has 0 bridgehead atoms. The first-order valence-corrected chi connectivity index (χ1v) is 4.48. The number of carbonyl (C=O) groups excluding carboxylic acids is 2. The van der Waals surface area contributed by atoms with Gasteiger partial charge in [-0.3, -0.25) is 9.59 Å². The molecule has 76 valence electrons. The van der Waals surface area contributed by atoms with Gasteiger partial charge < -0.3 is 9.47 Å². The lowest BCUT2D eigenvalue weighted by molar-refractivity contribution is -0.139. The fourth-order valence-electron chi connectivity index (χ4n) is 0.904. The highest BCUT2D eigenvalue weighted by Crippen LogP contribution is 2.01. The molecule has 0 aromatic rings. The van der Waals surface area contributed by atoms with E-state index in [-0.39, 0.29) is 11.9 Å². The summed E-state index contributed by atoms with van der Waals surface area (Å²) in [5, 5.41) is 0. The molecule has 2 rings (SSSR count). The van der Waals surface area contributed by atoms with E-state index in [1.54, 1.807) is 0 Å². The van der Waals surface area contributed by atoms with E-state index in [0.29, 0.717) is 12.8 Å².